The Balaban J connectivity index is 0. The third-order valence-corrected chi connectivity index (χ3v) is 1.91. The molecule has 0 aliphatic rings. The van der Waals surface area contributed by atoms with Crippen LogP contribution in [0, 0.1) is 0 Å². The van der Waals surface area contributed by atoms with Crippen molar-refractivity contribution in [1.82, 2.24) is 5.32 Å². The van der Waals surface area contributed by atoms with Crippen LogP contribution in [-0.4, -0.2) is 24.3 Å². The van der Waals surface area contributed by atoms with Gasteiger partial charge in [0.15, 0.2) is 0 Å². The largest absolute Gasteiger partial charge is 0.465 e. The highest BCUT2D eigenvalue weighted by atomic mass is 35.5. The van der Waals surface area contributed by atoms with Crippen LogP contribution in [0.5, 0.6) is 0 Å². The lowest BCUT2D eigenvalue weighted by Gasteiger charge is -2.01. The number of nitrogens with one attached hydrogen (secondary N) is 1. The molecule has 0 atom stereocenters. The first-order chi connectivity index (χ1) is 6.27. The smallest absolute Gasteiger partial charge is 0.404 e. The molecule has 0 rings (SSSR count). The molecule has 1 amide bonds. The molecule has 86 valence electrons. The van der Waals surface area contributed by atoms with Crippen molar-refractivity contribution in [2.24, 2.45) is 5.73 Å². The van der Waals surface area contributed by atoms with Crippen LogP contribution in [0.1, 0.15) is 38.5 Å². The second-order valence-corrected chi connectivity index (χ2v) is 3.14. The molecule has 0 saturated heterocycles. The lowest BCUT2D eigenvalue weighted by molar-refractivity contribution is 0.194. The van der Waals surface area contributed by atoms with Crippen LogP contribution in [0.2, 0.25) is 0 Å². The molecule has 0 aromatic rings. The average molecular weight is 225 g/mol. The standard InChI is InChI=1S/C9H20N2O2.ClH/c10-7-5-3-1-2-4-6-8-11-9(12)13;/h11H,1-8,10H2,(H,12,13);1H. The van der Waals surface area contributed by atoms with Crippen LogP contribution in [0.4, 0.5) is 4.79 Å². The van der Waals surface area contributed by atoms with Gasteiger partial charge in [0.2, 0.25) is 0 Å². The SMILES string of the molecule is Cl.NCCCCCCCCNC(=O)O. The van der Waals surface area contributed by atoms with Gasteiger partial charge in [-0.1, -0.05) is 25.7 Å². The summed E-state index contributed by atoms with van der Waals surface area (Å²) >= 11 is 0. The molecule has 0 heterocycles. The Morgan fingerprint density at radius 2 is 1.57 bits per heavy atom. The van der Waals surface area contributed by atoms with Crippen molar-refractivity contribution < 1.29 is 9.90 Å². The summed E-state index contributed by atoms with van der Waals surface area (Å²) in [6.07, 6.45) is 5.81. The molecule has 0 aliphatic carbocycles. The van der Waals surface area contributed by atoms with E-state index in [1.54, 1.807) is 0 Å². The molecule has 4 nitrogen and oxygen atoms in total. The van der Waals surface area contributed by atoms with E-state index < -0.39 is 6.09 Å². The second-order valence-electron chi connectivity index (χ2n) is 3.14. The zero-order chi connectivity index (χ0) is 9.94. The van der Waals surface area contributed by atoms with Gasteiger partial charge >= 0.3 is 6.09 Å². The van der Waals surface area contributed by atoms with Crippen molar-refractivity contribution in [3.63, 3.8) is 0 Å². The maximum absolute atomic E-state index is 10.0. The summed E-state index contributed by atoms with van der Waals surface area (Å²) in [6.45, 7) is 1.35. The Morgan fingerprint density at radius 3 is 2.07 bits per heavy atom. The van der Waals surface area contributed by atoms with Gasteiger partial charge in [0.1, 0.15) is 0 Å². The zero-order valence-electron chi connectivity index (χ0n) is 8.50. The van der Waals surface area contributed by atoms with Gasteiger partial charge < -0.3 is 16.2 Å². The number of hydrogen-bond acceptors (Lipinski definition) is 2. The Labute approximate surface area is 91.7 Å². The van der Waals surface area contributed by atoms with Gasteiger partial charge in [-0.3, -0.25) is 0 Å². The van der Waals surface area contributed by atoms with E-state index in [-0.39, 0.29) is 12.4 Å². The van der Waals surface area contributed by atoms with Crippen LogP contribution >= 0.6 is 12.4 Å². The van der Waals surface area contributed by atoms with Gasteiger partial charge in [-0.05, 0) is 19.4 Å². The molecule has 0 bridgehead atoms. The summed E-state index contributed by atoms with van der Waals surface area (Å²) in [7, 11) is 0. The number of nitrogens with two attached hydrogens (primary N) is 1. The van der Waals surface area contributed by atoms with E-state index in [0.29, 0.717) is 6.54 Å². The Kier molecular flexibility index (Phi) is 14.3. The fourth-order valence-corrected chi connectivity index (χ4v) is 1.17. The Bertz CT molecular complexity index is 134. The van der Waals surface area contributed by atoms with E-state index in [0.717, 1.165) is 25.8 Å². The maximum atomic E-state index is 10.0. The van der Waals surface area contributed by atoms with Gasteiger partial charge in [-0.2, -0.15) is 0 Å². The third kappa shape index (κ3) is 14.1. The number of hydrogen-bond donors (Lipinski definition) is 3. The van der Waals surface area contributed by atoms with Crippen molar-refractivity contribution in [3.8, 4) is 0 Å². The number of halogens is 1. The monoisotopic (exact) mass is 224 g/mol. The molecule has 0 spiro atoms. The number of carbonyl (C=O) groups is 1. The van der Waals surface area contributed by atoms with Crippen molar-refractivity contribution >= 4 is 18.5 Å². The highest BCUT2D eigenvalue weighted by Crippen LogP contribution is 2.03. The Hall–Kier alpha value is -0.480. The van der Waals surface area contributed by atoms with Crippen molar-refractivity contribution in [3.05, 3.63) is 0 Å². The number of carboxylic acid groups (broad SMARTS) is 1. The summed E-state index contributed by atoms with van der Waals surface area (Å²) in [5.74, 6) is 0. The fraction of sp³-hybridized carbons (Fsp3) is 0.889. The van der Waals surface area contributed by atoms with Gasteiger partial charge in [-0.15, -0.1) is 12.4 Å². The van der Waals surface area contributed by atoms with Crippen LogP contribution in [-0.2, 0) is 0 Å². The minimum Gasteiger partial charge on any atom is -0.465 e. The lowest BCUT2D eigenvalue weighted by Crippen LogP contribution is -2.21. The van der Waals surface area contributed by atoms with Crippen molar-refractivity contribution in [2.45, 2.75) is 38.5 Å². The second kappa shape index (κ2) is 12.5. The van der Waals surface area contributed by atoms with E-state index in [2.05, 4.69) is 5.32 Å². The summed E-state index contributed by atoms with van der Waals surface area (Å²) < 4.78 is 0. The van der Waals surface area contributed by atoms with E-state index in [1.807, 2.05) is 0 Å². The predicted octanol–water partition coefficient (Wildman–Crippen LogP) is 1.98. The van der Waals surface area contributed by atoms with Gasteiger partial charge in [0.05, 0.1) is 0 Å². The molecule has 0 fully saturated rings. The van der Waals surface area contributed by atoms with Crippen LogP contribution in [0.3, 0.4) is 0 Å². The minimum absolute atomic E-state index is 0. The zero-order valence-corrected chi connectivity index (χ0v) is 9.31. The average Bonchev–Trinajstić information content (AvgIpc) is 2.09. The van der Waals surface area contributed by atoms with E-state index >= 15 is 0 Å². The molecule has 4 N–H and O–H groups in total. The first-order valence-corrected chi connectivity index (χ1v) is 4.94. The fourth-order valence-electron chi connectivity index (χ4n) is 1.17. The molecular weight excluding hydrogens is 204 g/mol. The highest BCUT2D eigenvalue weighted by molar-refractivity contribution is 5.85. The molecule has 0 radical (unpaired) electrons. The molecule has 0 aliphatic heterocycles. The van der Waals surface area contributed by atoms with Crippen LogP contribution < -0.4 is 11.1 Å². The van der Waals surface area contributed by atoms with Crippen molar-refractivity contribution in [1.29, 1.82) is 0 Å². The van der Waals surface area contributed by atoms with Gasteiger partial charge in [-0.25, -0.2) is 4.79 Å². The normalized spacial score (nSPS) is 9.21. The molecule has 0 unspecified atom stereocenters. The maximum Gasteiger partial charge on any atom is 0.404 e. The molecule has 5 heteroatoms. The number of unbranched alkanes of at least 4 members (excludes halogenated alkanes) is 5. The first kappa shape index (κ1) is 16.0. The van der Waals surface area contributed by atoms with Gasteiger partial charge in [0.25, 0.3) is 0 Å². The summed E-state index contributed by atoms with van der Waals surface area (Å²) in [5, 5.41) is 10.6. The van der Waals surface area contributed by atoms with Crippen molar-refractivity contribution in [2.75, 3.05) is 13.1 Å². The third-order valence-electron chi connectivity index (χ3n) is 1.91. The predicted molar refractivity (Wildman–Crippen MR) is 60.0 cm³/mol. The molecule has 14 heavy (non-hydrogen) atoms. The Morgan fingerprint density at radius 1 is 1.07 bits per heavy atom. The van der Waals surface area contributed by atoms with Gasteiger partial charge in [0, 0.05) is 6.54 Å². The summed E-state index contributed by atoms with van der Waals surface area (Å²) in [5.41, 5.74) is 5.35. The topological polar surface area (TPSA) is 75.3 Å². The highest BCUT2D eigenvalue weighted by Gasteiger charge is 1.93. The molecular formula is C9H21ClN2O2. The van der Waals surface area contributed by atoms with E-state index in [9.17, 15) is 4.79 Å². The van der Waals surface area contributed by atoms with Crippen LogP contribution in [0.25, 0.3) is 0 Å². The molecule has 0 aromatic heterocycles. The number of rotatable bonds is 8. The summed E-state index contributed by atoms with van der Waals surface area (Å²) in [4.78, 5) is 10.0. The number of amides is 1. The van der Waals surface area contributed by atoms with E-state index in [4.69, 9.17) is 10.8 Å². The lowest BCUT2D eigenvalue weighted by atomic mass is 10.1. The van der Waals surface area contributed by atoms with E-state index in [1.165, 1.54) is 19.3 Å². The van der Waals surface area contributed by atoms with Crippen LogP contribution in [0.15, 0.2) is 0 Å². The molecule has 0 aromatic carbocycles. The summed E-state index contributed by atoms with van der Waals surface area (Å²) in [6, 6.07) is 0. The molecule has 0 saturated carbocycles. The quantitative estimate of drug-likeness (QED) is 0.552. The minimum atomic E-state index is -0.928. The first-order valence-electron chi connectivity index (χ1n) is 4.94.